The van der Waals surface area contributed by atoms with Crippen molar-refractivity contribution in [2.45, 2.75) is 45.4 Å². The molecule has 2 nitrogen and oxygen atoms in total. The number of carboxylic acid groups (broad SMARTS) is 1. The first kappa shape index (κ1) is 11.3. The molecule has 0 aliphatic heterocycles. The lowest BCUT2D eigenvalue weighted by Gasteiger charge is -2.59. The normalized spacial score (nSPS) is 44.6. The Kier molecular flexibility index (Phi) is 2.39. The third kappa shape index (κ3) is 1.64. The van der Waals surface area contributed by atoms with Gasteiger partial charge in [-0.2, -0.15) is 0 Å². The van der Waals surface area contributed by atoms with Crippen molar-refractivity contribution in [1.29, 1.82) is 0 Å². The molecule has 0 aromatic rings. The molecule has 4 rings (SSSR count). The van der Waals surface area contributed by atoms with Crippen LogP contribution in [0.4, 0.5) is 0 Å². The number of hydrogen-bond acceptors (Lipinski definition) is 1. The third-order valence-corrected chi connectivity index (χ3v) is 5.80. The molecule has 0 amide bonds. The van der Waals surface area contributed by atoms with Crippen molar-refractivity contribution in [2.75, 3.05) is 0 Å². The van der Waals surface area contributed by atoms with Crippen LogP contribution in [0.3, 0.4) is 0 Å². The Balaban J connectivity index is 1.86. The van der Waals surface area contributed by atoms with Gasteiger partial charge in [-0.1, -0.05) is 13.5 Å². The van der Waals surface area contributed by atoms with Crippen LogP contribution in [0.25, 0.3) is 0 Å². The highest BCUT2D eigenvalue weighted by Gasteiger charge is 2.53. The molecule has 4 saturated carbocycles. The van der Waals surface area contributed by atoms with Gasteiger partial charge in [0.15, 0.2) is 0 Å². The van der Waals surface area contributed by atoms with E-state index in [1.807, 2.05) is 0 Å². The van der Waals surface area contributed by atoms with E-state index in [0.717, 1.165) is 17.8 Å². The number of carboxylic acids is 1. The second-order valence-corrected chi connectivity index (χ2v) is 6.83. The summed E-state index contributed by atoms with van der Waals surface area (Å²) in [7, 11) is 0. The molecule has 94 valence electrons. The second-order valence-electron chi connectivity index (χ2n) is 6.83. The monoisotopic (exact) mass is 234 g/mol. The Morgan fingerprint density at radius 2 is 1.59 bits per heavy atom. The average Bonchev–Trinajstić information content (AvgIpc) is 2.25. The summed E-state index contributed by atoms with van der Waals surface area (Å²) in [4.78, 5) is 11.1. The van der Waals surface area contributed by atoms with Crippen molar-refractivity contribution >= 4 is 5.97 Å². The average molecular weight is 234 g/mol. The number of rotatable bonds is 3. The molecule has 0 heterocycles. The van der Waals surface area contributed by atoms with Crippen LogP contribution in [0.1, 0.15) is 45.4 Å². The molecule has 0 spiro atoms. The van der Waals surface area contributed by atoms with Gasteiger partial charge in [0, 0.05) is 5.57 Å². The molecule has 0 aromatic heterocycles. The van der Waals surface area contributed by atoms with Gasteiger partial charge in [0.25, 0.3) is 0 Å². The molecule has 2 heteroatoms. The molecule has 1 atom stereocenters. The Hall–Kier alpha value is -0.790. The third-order valence-electron chi connectivity index (χ3n) is 5.80. The Morgan fingerprint density at radius 1 is 1.18 bits per heavy atom. The molecule has 0 aromatic carbocycles. The fraction of sp³-hybridized carbons (Fsp3) is 0.800. The maximum Gasteiger partial charge on any atom is 0.331 e. The minimum atomic E-state index is -0.798. The molecule has 4 fully saturated rings. The Bertz CT molecular complexity index is 334. The summed E-state index contributed by atoms with van der Waals surface area (Å²) in [5.74, 6) is 2.00. The second kappa shape index (κ2) is 3.60. The molecule has 4 bridgehead atoms. The van der Waals surface area contributed by atoms with Gasteiger partial charge < -0.3 is 5.11 Å². The van der Waals surface area contributed by atoms with Gasteiger partial charge in [-0.15, -0.1) is 0 Å². The summed E-state index contributed by atoms with van der Waals surface area (Å²) in [6.45, 7) is 5.91. The summed E-state index contributed by atoms with van der Waals surface area (Å²) < 4.78 is 0. The molecule has 4 aliphatic carbocycles. The highest BCUT2D eigenvalue weighted by atomic mass is 16.4. The van der Waals surface area contributed by atoms with Crippen LogP contribution in [-0.4, -0.2) is 11.1 Å². The van der Waals surface area contributed by atoms with Gasteiger partial charge in [-0.05, 0) is 67.6 Å². The highest BCUT2D eigenvalue weighted by Crippen LogP contribution is 2.63. The van der Waals surface area contributed by atoms with E-state index in [1.165, 1.54) is 38.5 Å². The first-order valence-electron chi connectivity index (χ1n) is 6.92. The zero-order valence-electron chi connectivity index (χ0n) is 10.6. The van der Waals surface area contributed by atoms with Crippen LogP contribution in [0.2, 0.25) is 0 Å². The lowest BCUT2D eigenvalue weighted by Crippen LogP contribution is -2.49. The van der Waals surface area contributed by atoms with Crippen LogP contribution in [-0.2, 0) is 4.79 Å². The van der Waals surface area contributed by atoms with E-state index >= 15 is 0 Å². The smallest absolute Gasteiger partial charge is 0.331 e. The van der Waals surface area contributed by atoms with Crippen molar-refractivity contribution in [2.24, 2.45) is 29.1 Å². The Labute approximate surface area is 103 Å². The zero-order valence-corrected chi connectivity index (χ0v) is 10.6. The first-order chi connectivity index (χ1) is 8.00. The van der Waals surface area contributed by atoms with Crippen molar-refractivity contribution in [1.82, 2.24) is 0 Å². The summed E-state index contributed by atoms with van der Waals surface area (Å²) in [6, 6.07) is 0. The Morgan fingerprint density at radius 3 is 1.94 bits per heavy atom. The molecule has 1 N–H and O–H groups in total. The first-order valence-corrected chi connectivity index (χ1v) is 6.92. The molecule has 1 unspecified atom stereocenters. The van der Waals surface area contributed by atoms with E-state index < -0.39 is 5.97 Å². The van der Waals surface area contributed by atoms with E-state index in [4.69, 9.17) is 5.11 Å². The lowest BCUT2D eigenvalue weighted by molar-refractivity contribution is -0.135. The van der Waals surface area contributed by atoms with Crippen LogP contribution in [0.5, 0.6) is 0 Å². The van der Waals surface area contributed by atoms with E-state index in [2.05, 4.69) is 13.5 Å². The number of aliphatic carboxylic acids is 1. The van der Waals surface area contributed by atoms with Gasteiger partial charge in [-0.3, -0.25) is 0 Å². The van der Waals surface area contributed by atoms with E-state index in [1.54, 1.807) is 0 Å². The summed E-state index contributed by atoms with van der Waals surface area (Å²) in [5.41, 5.74) is 0.719. The quantitative estimate of drug-likeness (QED) is 0.759. The van der Waals surface area contributed by atoms with E-state index in [0.29, 0.717) is 5.57 Å². The van der Waals surface area contributed by atoms with Gasteiger partial charge in [-0.25, -0.2) is 4.79 Å². The highest BCUT2D eigenvalue weighted by molar-refractivity contribution is 5.86. The minimum absolute atomic E-state index is 0.161. The summed E-state index contributed by atoms with van der Waals surface area (Å²) >= 11 is 0. The van der Waals surface area contributed by atoms with Crippen LogP contribution < -0.4 is 0 Å². The lowest BCUT2D eigenvalue weighted by atomic mass is 9.46. The zero-order chi connectivity index (χ0) is 12.2. The summed E-state index contributed by atoms with van der Waals surface area (Å²) in [6.07, 6.45) is 7.99. The topological polar surface area (TPSA) is 37.3 Å². The molecular weight excluding hydrogens is 212 g/mol. The molecule has 0 saturated heterocycles. The number of carbonyl (C=O) groups is 1. The van der Waals surface area contributed by atoms with Crippen molar-refractivity contribution < 1.29 is 9.90 Å². The largest absolute Gasteiger partial charge is 0.478 e. The standard InChI is InChI=1S/C15H22O2/c1-9(14(16)17)10(2)15-6-11-3-12(7-15)5-13(4-11)8-15/h10-13H,1,3-8H2,2H3,(H,16,17). The van der Waals surface area contributed by atoms with Crippen LogP contribution in [0, 0.1) is 29.1 Å². The number of hydrogen-bond donors (Lipinski definition) is 1. The van der Waals surface area contributed by atoms with Crippen molar-refractivity contribution in [3.63, 3.8) is 0 Å². The van der Waals surface area contributed by atoms with Crippen molar-refractivity contribution in [3.8, 4) is 0 Å². The fourth-order valence-electron chi connectivity index (χ4n) is 5.26. The van der Waals surface area contributed by atoms with Gasteiger partial charge in [0.2, 0.25) is 0 Å². The molecule has 4 aliphatic rings. The predicted molar refractivity (Wildman–Crippen MR) is 66.5 cm³/mol. The molecule has 0 radical (unpaired) electrons. The maximum absolute atomic E-state index is 11.1. The van der Waals surface area contributed by atoms with Gasteiger partial charge in [0.1, 0.15) is 0 Å². The van der Waals surface area contributed by atoms with Crippen LogP contribution in [0.15, 0.2) is 12.2 Å². The minimum Gasteiger partial charge on any atom is -0.478 e. The van der Waals surface area contributed by atoms with Crippen LogP contribution >= 0.6 is 0 Å². The van der Waals surface area contributed by atoms with Gasteiger partial charge in [0.05, 0.1) is 0 Å². The van der Waals surface area contributed by atoms with Gasteiger partial charge >= 0.3 is 5.97 Å². The summed E-state index contributed by atoms with van der Waals surface area (Å²) in [5, 5.41) is 9.15. The molecule has 17 heavy (non-hydrogen) atoms. The van der Waals surface area contributed by atoms with E-state index in [-0.39, 0.29) is 11.3 Å². The predicted octanol–water partition coefficient (Wildman–Crippen LogP) is 3.48. The SMILES string of the molecule is C=C(C(=O)O)C(C)C12CC3CC(CC(C3)C1)C2. The van der Waals surface area contributed by atoms with Crippen molar-refractivity contribution in [3.05, 3.63) is 12.2 Å². The maximum atomic E-state index is 11.1. The van der Waals surface area contributed by atoms with E-state index in [9.17, 15) is 4.79 Å². The molecular formula is C15H22O2. The fourth-order valence-corrected chi connectivity index (χ4v) is 5.26.